The van der Waals surface area contributed by atoms with E-state index in [0.29, 0.717) is 13.0 Å². The molecule has 1 saturated carbocycles. The Labute approximate surface area is 140 Å². The number of nitrogens with two attached hydrogens (primary N) is 1. The van der Waals surface area contributed by atoms with Gasteiger partial charge in [0, 0.05) is 18.7 Å². The van der Waals surface area contributed by atoms with Crippen LogP contribution in [0.5, 0.6) is 0 Å². The second-order valence-corrected chi connectivity index (χ2v) is 7.39. The van der Waals surface area contributed by atoms with E-state index < -0.39 is 0 Å². The van der Waals surface area contributed by atoms with E-state index in [9.17, 15) is 4.79 Å². The van der Waals surface area contributed by atoms with Gasteiger partial charge in [0.25, 0.3) is 0 Å². The monoisotopic (exact) mass is 317 g/mol. The van der Waals surface area contributed by atoms with Gasteiger partial charge in [0.05, 0.1) is 0 Å². The zero-order chi connectivity index (χ0) is 16.9. The Hall–Kier alpha value is -1.39. The van der Waals surface area contributed by atoms with E-state index in [4.69, 9.17) is 5.73 Å². The van der Waals surface area contributed by atoms with Crippen LogP contribution in [0.25, 0.3) is 0 Å². The summed E-state index contributed by atoms with van der Waals surface area (Å²) in [7, 11) is 4.08. The van der Waals surface area contributed by atoms with Gasteiger partial charge in [-0.1, -0.05) is 37.0 Å². The molecule has 3 N–H and O–H groups in total. The standard InChI is InChI=1S/C19H31N3O/c1-15-7-8-17(16(11-15)13-22(2)3)21-18(23)12-19(14-20)9-5-4-6-10-19/h7-8,11H,4-6,9-10,12-14,20H2,1-3H3,(H,21,23). The summed E-state index contributed by atoms with van der Waals surface area (Å²) >= 11 is 0. The van der Waals surface area contributed by atoms with Crippen LogP contribution in [0.4, 0.5) is 5.69 Å². The van der Waals surface area contributed by atoms with Crippen molar-refractivity contribution >= 4 is 11.6 Å². The average Bonchev–Trinajstić information content (AvgIpc) is 2.50. The number of rotatable bonds is 6. The molecule has 1 aliphatic rings. The molecular formula is C19H31N3O. The van der Waals surface area contributed by atoms with Crippen molar-refractivity contribution in [2.45, 2.75) is 52.0 Å². The highest BCUT2D eigenvalue weighted by Gasteiger charge is 2.33. The zero-order valence-electron chi connectivity index (χ0n) is 14.8. The number of nitrogens with one attached hydrogen (secondary N) is 1. The Morgan fingerprint density at radius 3 is 2.57 bits per heavy atom. The minimum atomic E-state index is 0.00867. The number of anilines is 1. The summed E-state index contributed by atoms with van der Waals surface area (Å²) in [6.07, 6.45) is 6.36. The van der Waals surface area contributed by atoms with Crippen LogP contribution in [0.1, 0.15) is 49.7 Å². The summed E-state index contributed by atoms with van der Waals surface area (Å²) in [4.78, 5) is 14.7. The van der Waals surface area contributed by atoms with Gasteiger partial charge in [-0.15, -0.1) is 0 Å². The second-order valence-electron chi connectivity index (χ2n) is 7.39. The fraction of sp³-hybridized carbons (Fsp3) is 0.632. The van der Waals surface area contributed by atoms with Gasteiger partial charge in [0.2, 0.25) is 5.91 Å². The summed E-state index contributed by atoms with van der Waals surface area (Å²) in [5, 5.41) is 3.13. The zero-order valence-corrected chi connectivity index (χ0v) is 14.8. The van der Waals surface area contributed by atoms with Gasteiger partial charge in [-0.2, -0.15) is 0 Å². The van der Waals surface area contributed by atoms with Gasteiger partial charge in [0.15, 0.2) is 0 Å². The predicted molar refractivity (Wildman–Crippen MR) is 96.4 cm³/mol. The normalized spacial score (nSPS) is 17.3. The molecular weight excluding hydrogens is 286 g/mol. The number of nitrogens with zero attached hydrogens (tertiary/aromatic N) is 1. The Kier molecular flexibility index (Phi) is 6.19. The molecule has 1 fully saturated rings. The molecule has 2 rings (SSSR count). The molecule has 23 heavy (non-hydrogen) atoms. The van der Waals surface area contributed by atoms with Gasteiger partial charge in [-0.05, 0) is 57.5 Å². The lowest BCUT2D eigenvalue weighted by molar-refractivity contribution is -0.118. The summed E-state index contributed by atoms with van der Waals surface area (Å²) in [5.74, 6) is 0.0983. The smallest absolute Gasteiger partial charge is 0.224 e. The van der Waals surface area contributed by atoms with Gasteiger partial charge in [0.1, 0.15) is 0 Å². The number of carbonyl (C=O) groups excluding carboxylic acids is 1. The van der Waals surface area contributed by atoms with E-state index >= 15 is 0 Å². The maximum Gasteiger partial charge on any atom is 0.224 e. The number of carbonyl (C=O) groups is 1. The van der Waals surface area contributed by atoms with E-state index in [0.717, 1.165) is 30.6 Å². The second kappa shape index (κ2) is 7.93. The lowest BCUT2D eigenvalue weighted by atomic mass is 9.71. The first kappa shape index (κ1) is 18.0. The average molecular weight is 317 g/mol. The maximum absolute atomic E-state index is 12.6. The topological polar surface area (TPSA) is 58.4 Å². The summed E-state index contributed by atoms with van der Waals surface area (Å²) < 4.78 is 0. The van der Waals surface area contributed by atoms with E-state index in [1.807, 2.05) is 26.2 Å². The third-order valence-electron chi connectivity index (χ3n) is 4.90. The van der Waals surface area contributed by atoms with Gasteiger partial charge in [-0.25, -0.2) is 0 Å². The van der Waals surface area contributed by atoms with E-state index in [2.05, 4.69) is 23.2 Å². The van der Waals surface area contributed by atoms with Crippen LogP contribution in [-0.2, 0) is 11.3 Å². The van der Waals surface area contributed by atoms with Crippen LogP contribution in [0.15, 0.2) is 18.2 Å². The van der Waals surface area contributed by atoms with Gasteiger partial charge >= 0.3 is 0 Å². The van der Waals surface area contributed by atoms with Crippen LogP contribution in [0.3, 0.4) is 0 Å². The number of benzene rings is 1. The lowest BCUT2D eigenvalue weighted by Gasteiger charge is -2.35. The molecule has 0 atom stereocenters. The van der Waals surface area contributed by atoms with Crippen molar-refractivity contribution in [2.24, 2.45) is 11.1 Å². The summed E-state index contributed by atoms with van der Waals surface area (Å²) in [5.41, 5.74) is 9.32. The molecule has 0 unspecified atom stereocenters. The molecule has 128 valence electrons. The highest BCUT2D eigenvalue weighted by Crippen LogP contribution is 2.38. The van der Waals surface area contributed by atoms with Crippen LogP contribution in [0.2, 0.25) is 0 Å². The predicted octanol–water partition coefficient (Wildman–Crippen LogP) is 3.29. The molecule has 0 spiro atoms. The highest BCUT2D eigenvalue weighted by molar-refractivity contribution is 5.92. The van der Waals surface area contributed by atoms with Crippen molar-refractivity contribution in [3.05, 3.63) is 29.3 Å². The lowest BCUT2D eigenvalue weighted by Crippen LogP contribution is -2.36. The van der Waals surface area contributed by atoms with Crippen molar-refractivity contribution in [3.8, 4) is 0 Å². The van der Waals surface area contributed by atoms with E-state index in [1.165, 1.54) is 24.8 Å². The molecule has 0 radical (unpaired) electrons. The quantitative estimate of drug-likeness (QED) is 0.846. The van der Waals surface area contributed by atoms with Crippen molar-refractivity contribution in [1.29, 1.82) is 0 Å². The SMILES string of the molecule is Cc1ccc(NC(=O)CC2(CN)CCCCC2)c(CN(C)C)c1. The molecule has 0 bridgehead atoms. The van der Waals surface area contributed by atoms with Crippen molar-refractivity contribution in [3.63, 3.8) is 0 Å². The summed E-state index contributed by atoms with van der Waals surface area (Å²) in [6, 6.07) is 6.21. The molecule has 1 amide bonds. The fourth-order valence-corrected chi connectivity index (χ4v) is 3.61. The van der Waals surface area contributed by atoms with Crippen LogP contribution in [-0.4, -0.2) is 31.4 Å². The largest absolute Gasteiger partial charge is 0.330 e. The van der Waals surface area contributed by atoms with Gasteiger partial charge in [-0.3, -0.25) is 4.79 Å². The van der Waals surface area contributed by atoms with Crippen LogP contribution >= 0.6 is 0 Å². The van der Waals surface area contributed by atoms with Gasteiger partial charge < -0.3 is 16.0 Å². The molecule has 0 aromatic heterocycles. The minimum Gasteiger partial charge on any atom is -0.330 e. The third kappa shape index (κ3) is 5.05. The molecule has 0 heterocycles. The van der Waals surface area contributed by atoms with E-state index in [-0.39, 0.29) is 11.3 Å². The van der Waals surface area contributed by atoms with Crippen LogP contribution in [0, 0.1) is 12.3 Å². The minimum absolute atomic E-state index is 0.00867. The number of amides is 1. The van der Waals surface area contributed by atoms with Crippen LogP contribution < -0.4 is 11.1 Å². The first-order chi connectivity index (χ1) is 10.9. The molecule has 0 saturated heterocycles. The first-order valence-electron chi connectivity index (χ1n) is 8.68. The fourth-order valence-electron chi connectivity index (χ4n) is 3.61. The number of hydrogen-bond acceptors (Lipinski definition) is 3. The maximum atomic E-state index is 12.6. The molecule has 4 heteroatoms. The molecule has 4 nitrogen and oxygen atoms in total. The Bertz CT molecular complexity index is 533. The molecule has 1 aliphatic carbocycles. The first-order valence-corrected chi connectivity index (χ1v) is 8.68. The molecule has 1 aromatic rings. The number of hydrogen-bond donors (Lipinski definition) is 2. The molecule has 0 aliphatic heterocycles. The van der Waals surface area contributed by atoms with Crippen molar-refractivity contribution in [1.82, 2.24) is 4.90 Å². The van der Waals surface area contributed by atoms with Crippen molar-refractivity contribution in [2.75, 3.05) is 26.0 Å². The Balaban J connectivity index is 2.07. The third-order valence-corrected chi connectivity index (χ3v) is 4.90. The highest BCUT2D eigenvalue weighted by atomic mass is 16.1. The molecule has 1 aromatic carbocycles. The number of aryl methyl sites for hydroxylation is 1. The summed E-state index contributed by atoms with van der Waals surface area (Å²) in [6.45, 7) is 3.51. The Morgan fingerprint density at radius 2 is 1.96 bits per heavy atom. The Morgan fingerprint density at radius 1 is 1.26 bits per heavy atom. The van der Waals surface area contributed by atoms with E-state index in [1.54, 1.807) is 0 Å². The van der Waals surface area contributed by atoms with Crippen molar-refractivity contribution < 1.29 is 4.79 Å².